The van der Waals surface area contributed by atoms with Crippen LogP contribution in [0.4, 0.5) is 0 Å². The highest BCUT2D eigenvalue weighted by molar-refractivity contribution is 5.97. The maximum atomic E-state index is 12.7. The molecule has 2 aliphatic rings. The Kier molecular flexibility index (Phi) is 7.23. The summed E-state index contributed by atoms with van der Waals surface area (Å²) in [7, 11) is 0. The van der Waals surface area contributed by atoms with Crippen molar-refractivity contribution in [1.29, 1.82) is 0 Å². The number of allylic oxidation sites excluding steroid dienone is 1. The first-order chi connectivity index (χ1) is 13.8. The quantitative estimate of drug-likeness (QED) is 0.415. The van der Waals surface area contributed by atoms with Crippen molar-refractivity contribution in [2.75, 3.05) is 0 Å². The molecule has 0 amide bonds. The van der Waals surface area contributed by atoms with Crippen LogP contribution in [-0.2, 0) is 33.4 Å². The number of fused-ring (bicyclic) bond motifs is 1. The fourth-order valence-corrected chi connectivity index (χ4v) is 3.79. The number of hydrogen-bond acceptors (Lipinski definition) is 8. The Hall–Kier alpha value is -2.48. The summed E-state index contributed by atoms with van der Waals surface area (Å²) in [5.74, 6) is -3.83. The molecular weight excluding hydrogens is 392 g/mol. The molecule has 0 unspecified atom stereocenters. The Morgan fingerprint density at radius 3 is 2.53 bits per heavy atom. The van der Waals surface area contributed by atoms with Crippen LogP contribution in [0.2, 0.25) is 0 Å². The maximum absolute atomic E-state index is 12.7. The number of carbonyl (C=O) groups is 4. The number of esters is 3. The summed E-state index contributed by atoms with van der Waals surface area (Å²) >= 11 is 0. The van der Waals surface area contributed by atoms with E-state index in [4.69, 9.17) is 14.2 Å². The van der Waals surface area contributed by atoms with Crippen LogP contribution in [0.15, 0.2) is 24.3 Å². The minimum absolute atomic E-state index is 0.0187. The lowest BCUT2D eigenvalue weighted by Gasteiger charge is -2.39. The van der Waals surface area contributed by atoms with Crippen molar-refractivity contribution < 1.29 is 38.5 Å². The number of hydrogen-bond donors (Lipinski definition) is 1. The maximum Gasteiger partial charge on any atom is 0.334 e. The van der Waals surface area contributed by atoms with Crippen molar-refractivity contribution in [3.63, 3.8) is 0 Å². The van der Waals surface area contributed by atoms with E-state index in [2.05, 4.69) is 6.58 Å². The van der Waals surface area contributed by atoms with Gasteiger partial charge in [0.2, 0.25) is 0 Å². The third kappa shape index (κ3) is 5.16. The Balaban J connectivity index is 2.62. The molecule has 0 aromatic heterocycles. The molecule has 1 saturated heterocycles. The topological polar surface area (TPSA) is 116 Å². The van der Waals surface area contributed by atoms with Gasteiger partial charge < -0.3 is 19.3 Å². The number of carbonyl (C=O) groups excluding carboxylic acids is 4. The van der Waals surface area contributed by atoms with Crippen molar-refractivity contribution >= 4 is 23.7 Å². The largest absolute Gasteiger partial charge is 0.458 e. The number of aliphatic hydroxyl groups is 1. The van der Waals surface area contributed by atoms with Crippen LogP contribution >= 0.6 is 0 Å². The standard InChI is InChI=1S/C22H30O8/c1-11(2)9-17(25)30-19-18-13(4)21(26)29-15(18)10-12(3)7-8-16(24)22(6,27)20(19)28-14(5)23/h7-8,11-12,15,18-20,27H,4,9-10H2,1-3,5-6H3/b8-7-/t12-,15+,18-,19-,20+,22-/m0/s1. The second-order valence-corrected chi connectivity index (χ2v) is 8.66. The van der Waals surface area contributed by atoms with Crippen molar-refractivity contribution in [3.05, 3.63) is 24.3 Å². The zero-order valence-electron chi connectivity index (χ0n) is 18.0. The number of rotatable bonds is 4. The molecule has 0 spiro atoms. The van der Waals surface area contributed by atoms with Gasteiger partial charge in [0, 0.05) is 18.9 Å². The summed E-state index contributed by atoms with van der Waals surface area (Å²) in [5.41, 5.74) is -2.17. The van der Waals surface area contributed by atoms with Gasteiger partial charge in [0.25, 0.3) is 0 Å². The van der Waals surface area contributed by atoms with Gasteiger partial charge in [-0.1, -0.05) is 33.4 Å². The molecule has 1 aliphatic heterocycles. The normalized spacial score (nSPS) is 35.4. The van der Waals surface area contributed by atoms with Gasteiger partial charge in [-0.3, -0.25) is 14.4 Å². The molecule has 0 aromatic rings. The molecular formula is C22H30O8. The van der Waals surface area contributed by atoms with E-state index in [1.165, 1.54) is 13.0 Å². The zero-order valence-corrected chi connectivity index (χ0v) is 18.0. The average molecular weight is 422 g/mol. The summed E-state index contributed by atoms with van der Waals surface area (Å²) in [6.45, 7) is 11.6. The van der Waals surface area contributed by atoms with Crippen LogP contribution in [0, 0.1) is 17.8 Å². The van der Waals surface area contributed by atoms with Crippen molar-refractivity contribution in [3.8, 4) is 0 Å². The predicted molar refractivity (Wildman–Crippen MR) is 106 cm³/mol. The van der Waals surface area contributed by atoms with Gasteiger partial charge in [-0.25, -0.2) is 4.79 Å². The van der Waals surface area contributed by atoms with Gasteiger partial charge >= 0.3 is 17.9 Å². The molecule has 30 heavy (non-hydrogen) atoms. The van der Waals surface area contributed by atoms with Crippen molar-refractivity contribution in [1.82, 2.24) is 0 Å². The van der Waals surface area contributed by atoms with E-state index < -0.39 is 53.5 Å². The van der Waals surface area contributed by atoms with Crippen LogP contribution < -0.4 is 0 Å². The Morgan fingerprint density at radius 2 is 1.97 bits per heavy atom. The fourth-order valence-electron chi connectivity index (χ4n) is 3.79. The highest BCUT2D eigenvalue weighted by Crippen LogP contribution is 2.40. The van der Waals surface area contributed by atoms with Gasteiger partial charge in [-0.2, -0.15) is 0 Å². The van der Waals surface area contributed by atoms with E-state index in [1.54, 1.807) is 6.08 Å². The van der Waals surface area contributed by atoms with Gasteiger partial charge in [0.1, 0.15) is 6.10 Å². The average Bonchev–Trinajstić information content (AvgIpc) is 2.88. The van der Waals surface area contributed by atoms with Gasteiger partial charge in [0.05, 0.1) is 5.92 Å². The summed E-state index contributed by atoms with van der Waals surface area (Å²) in [6.07, 6.45) is -0.403. The third-order valence-corrected chi connectivity index (χ3v) is 5.34. The summed E-state index contributed by atoms with van der Waals surface area (Å²) in [4.78, 5) is 49.4. The molecule has 1 aliphatic carbocycles. The summed E-state index contributed by atoms with van der Waals surface area (Å²) in [6, 6.07) is 0. The molecule has 8 nitrogen and oxygen atoms in total. The lowest BCUT2D eigenvalue weighted by Crippen LogP contribution is -2.58. The van der Waals surface area contributed by atoms with Crippen LogP contribution in [0.5, 0.6) is 0 Å². The van der Waals surface area contributed by atoms with Gasteiger partial charge in [0.15, 0.2) is 23.6 Å². The molecule has 1 N–H and O–H groups in total. The summed E-state index contributed by atoms with van der Waals surface area (Å²) in [5, 5.41) is 11.1. The van der Waals surface area contributed by atoms with E-state index in [9.17, 15) is 24.3 Å². The zero-order chi connectivity index (χ0) is 22.8. The van der Waals surface area contributed by atoms with Crippen LogP contribution in [0.1, 0.15) is 47.5 Å². The van der Waals surface area contributed by atoms with Crippen molar-refractivity contribution in [2.45, 2.75) is 71.4 Å². The SMILES string of the molecule is C=C1C(=O)O[C@@H]2C[C@@H](C)/C=C\C(=O)[C@](C)(O)[C@H](OC(C)=O)[C@@H](OC(=O)CC(C)C)[C@@H]12. The van der Waals surface area contributed by atoms with E-state index in [0.717, 1.165) is 6.92 Å². The molecule has 0 bridgehead atoms. The predicted octanol–water partition coefficient (Wildman–Crippen LogP) is 1.89. The van der Waals surface area contributed by atoms with Crippen LogP contribution in [0.3, 0.4) is 0 Å². The monoisotopic (exact) mass is 422 g/mol. The number of ether oxygens (including phenoxy) is 3. The van der Waals surface area contributed by atoms with Crippen LogP contribution in [-0.4, -0.2) is 52.7 Å². The molecule has 0 aromatic carbocycles. The molecule has 0 saturated carbocycles. The minimum atomic E-state index is -2.21. The lowest BCUT2D eigenvalue weighted by molar-refractivity contribution is -0.196. The molecule has 6 atom stereocenters. The Morgan fingerprint density at radius 1 is 1.33 bits per heavy atom. The van der Waals surface area contributed by atoms with Gasteiger partial charge in [-0.15, -0.1) is 0 Å². The smallest absolute Gasteiger partial charge is 0.334 e. The van der Waals surface area contributed by atoms with Gasteiger partial charge in [-0.05, 0) is 31.3 Å². The first kappa shape index (κ1) is 23.8. The van der Waals surface area contributed by atoms with Crippen molar-refractivity contribution in [2.24, 2.45) is 17.8 Å². The molecule has 1 heterocycles. The van der Waals surface area contributed by atoms with E-state index in [-0.39, 0.29) is 23.8 Å². The Bertz CT molecular complexity index is 763. The first-order valence-electron chi connectivity index (χ1n) is 10.1. The molecule has 0 radical (unpaired) electrons. The minimum Gasteiger partial charge on any atom is -0.458 e. The fraction of sp³-hybridized carbons (Fsp3) is 0.636. The van der Waals surface area contributed by atoms with E-state index in [0.29, 0.717) is 6.42 Å². The number of ketones is 1. The molecule has 166 valence electrons. The second kappa shape index (κ2) is 9.12. The lowest BCUT2D eigenvalue weighted by atomic mass is 9.77. The van der Waals surface area contributed by atoms with Crippen LogP contribution in [0.25, 0.3) is 0 Å². The third-order valence-electron chi connectivity index (χ3n) is 5.34. The first-order valence-corrected chi connectivity index (χ1v) is 10.1. The highest BCUT2D eigenvalue weighted by atomic mass is 16.6. The second-order valence-electron chi connectivity index (χ2n) is 8.66. The molecule has 1 fully saturated rings. The van der Waals surface area contributed by atoms with E-state index in [1.807, 2.05) is 20.8 Å². The van der Waals surface area contributed by atoms with E-state index >= 15 is 0 Å². The molecule has 8 heteroatoms. The molecule has 2 rings (SSSR count). The Labute approximate surface area is 176 Å². The summed E-state index contributed by atoms with van der Waals surface area (Å²) < 4.78 is 16.4. The highest BCUT2D eigenvalue weighted by Gasteiger charge is 2.55.